The maximum atomic E-state index is 13.2. The van der Waals surface area contributed by atoms with Crippen LogP contribution in [0.4, 0.5) is 5.95 Å². The largest absolute Gasteiger partial charge is 0.394 e. The highest BCUT2D eigenvalue weighted by atomic mass is 16.3. The van der Waals surface area contributed by atoms with Crippen LogP contribution in [-0.2, 0) is 19.5 Å². The lowest BCUT2D eigenvalue weighted by atomic mass is 10.1. The number of imidazole rings is 1. The number of aromatic nitrogens is 4. The Balaban J connectivity index is 1.66. The van der Waals surface area contributed by atoms with E-state index in [1.54, 1.807) is 10.9 Å². The van der Waals surface area contributed by atoms with Gasteiger partial charge in [-0.25, -0.2) is 4.98 Å². The Morgan fingerprint density at radius 2 is 1.70 bits per heavy atom. The van der Waals surface area contributed by atoms with Crippen LogP contribution in [0.25, 0.3) is 11.2 Å². The summed E-state index contributed by atoms with van der Waals surface area (Å²) in [6, 6.07) is 19.6. The summed E-state index contributed by atoms with van der Waals surface area (Å²) >= 11 is 0. The number of fused-ring (bicyclic) bond motifs is 1. The minimum absolute atomic E-state index is 0.0744. The van der Waals surface area contributed by atoms with E-state index < -0.39 is 0 Å². The fraction of sp³-hybridized carbons (Fsp3) is 0.261. The van der Waals surface area contributed by atoms with Crippen molar-refractivity contribution in [2.24, 2.45) is 0 Å². The first-order valence-corrected chi connectivity index (χ1v) is 10.1. The molecule has 0 amide bonds. The summed E-state index contributed by atoms with van der Waals surface area (Å²) in [5.41, 5.74) is 2.93. The Hall–Kier alpha value is -3.45. The van der Waals surface area contributed by atoms with Crippen molar-refractivity contribution in [1.82, 2.24) is 19.1 Å². The number of hydrogen-bond donors (Lipinski definition) is 2. The Labute approximate surface area is 174 Å². The van der Waals surface area contributed by atoms with Crippen LogP contribution in [0.1, 0.15) is 18.1 Å². The van der Waals surface area contributed by atoms with Crippen molar-refractivity contribution >= 4 is 17.1 Å². The SMILES string of the molecule is CCn1c(NC(CO)Cc2ccccc2)nc2ncn(Cc3ccccc3)c2c1=O. The number of anilines is 1. The molecule has 0 spiro atoms. The number of benzene rings is 2. The summed E-state index contributed by atoms with van der Waals surface area (Å²) in [6.45, 7) is 2.85. The van der Waals surface area contributed by atoms with Gasteiger partial charge in [-0.2, -0.15) is 4.98 Å². The van der Waals surface area contributed by atoms with Crippen LogP contribution in [-0.4, -0.2) is 36.9 Å². The van der Waals surface area contributed by atoms with E-state index in [1.807, 2.05) is 72.2 Å². The van der Waals surface area contributed by atoms with E-state index in [-0.39, 0.29) is 18.2 Å². The summed E-state index contributed by atoms with van der Waals surface area (Å²) in [7, 11) is 0. The molecule has 4 aromatic rings. The number of rotatable bonds is 8. The molecule has 0 bridgehead atoms. The Kier molecular flexibility index (Phi) is 5.90. The molecular formula is C23H25N5O2. The zero-order chi connectivity index (χ0) is 20.9. The normalized spacial score (nSPS) is 12.2. The first-order chi connectivity index (χ1) is 14.7. The average Bonchev–Trinajstić information content (AvgIpc) is 3.17. The van der Waals surface area contributed by atoms with Gasteiger partial charge in [0.15, 0.2) is 11.2 Å². The molecule has 2 aromatic carbocycles. The van der Waals surface area contributed by atoms with E-state index in [9.17, 15) is 9.90 Å². The molecule has 1 atom stereocenters. The summed E-state index contributed by atoms with van der Waals surface area (Å²) in [5, 5.41) is 13.1. The minimum atomic E-state index is -0.263. The van der Waals surface area contributed by atoms with Gasteiger partial charge in [-0.15, -0.1) is 0 Å². The molecule has 0 saturated carbocycles. The van der Waals surface area contributed by atoms with Gasteiger partial charge in [0, 0.05) is 13.1 Å². The van der Waals surface area contributed by atoms with Crippen LogP contribution in [0.5, 0.6) is 0 Å². The zero-order valence-corrected chi connectivity index (χ0v) is 16.9. The van der Waals surface area contributed by atoms with Crippen molar-refractivity contribution in [3.63, 3.8) is 0 Å². The summed E-state index contributed by atoms with van der Waals surface area (Å²) in [6.07, 6.45) is 2.28. The minimum Gasteiger partial charge on any atom is -0.394 e. The van der Waals surface area contributed by atoms with Gasteiger partial charge >= 0.3 is 0 Å². The number of aliphatic hydroxyl groups excluding tert-OH is 1. The standard InChI is InChI=1S/C23H25N5O2/c1-2-28-22(30)20-21(24-16-27(20)14-18-11-7-4-8-12-18)26-23(28)25-19(15-29)13-17-9-5-3-6-10-17/h3-12,16,19,29H,2,13-15H2,1H3,(H,25,26). The van der Waals surface area contributed by atoms with Crippen LogP contribution in [0.2, 0.25) is 0 Å². The molecule has 0 aliphatic carbocycles. The molecular weight excluding hydrogens is 378 g/mol. The fourth-order valence-electron chi connectivity index (χ4n) is 3.60. The molecule has 2 N–H and O–H groups in total. The van der Waals surface area contributed by atoms with Crippen molar-refractivity contribution in [3.8, 4) is 0 Å². The van der Waals surface area contributed by atoms with Gasteiger partial charge in [-0.05, 0) is 24.5 Å². The molecule has 2 aromatic heterocycles. The van der Waals surface area contributed by atoms with E-state index in [2.05, 4.69) is 15.3 Å². The monoisotopic (exact) mass is 403 g/mol. The van der Waals surface area contributed by atoms with Crippen LogP contribution < -0.4 is 10.9 Å². The topological polar surface area (TPSA) is 85.0 Å². The third-order valence-electron chi connectivity index (χ3n) is 5.12. The summed E-state index contributed by atoms with van der Waals surface area (Å²) in [5.74, 6) is 0.426. The average molecular weight is 403 g/mol. The molecule has 7 nitrogen and oxygen atoms in total. The lowest BCUT2D eigenvalue weighted by Gasteiger charge is -2.19. The predicted octanol–water partition coefficient (Wildman–Crippen LogP) is 2.68. The third kappa shape index (κ3) is 4.11. The van der Waals surface area contributed by atoms with Crippen molar-refractivity contribution in [2.45, 2.75) is 32.5 Å². The van der Waals surface area contributed by atoms with Crippen LogP contribution in [0.3, 0.4) is 0 Å². The van der Waals surface area contributed by atoms with Gasteiger partial charge in [-0.1, -0.05) is 60.7 Å². The second kappa shape index (κ2) is 8.92. The maximum Gasteiger partial charge on any atom is 0.281 e. The van der Waals surface area contributed by atoms with Gasteiger partial charge in [-0.3, -0.25) is 9.36 Å². The van der Waals surface area contributed by atoms with Crippen LogP contribution >= 0.6 is 0 Å². The Bertz CT molecular complexity index is 1170. The molecule has 0 radical (unpaired) electrons. The van der Waals surface area contributed by atoms with Gasteiger partial charge in [0.05, 0.1) is 19.0 Å². The first kappa shape index (κ1) is 19.8. The Morgan fingerprint density at radius 3 is 2.33 bits per heavy atom. The fourth-order valence-corrected chi connectivity index (χ4v) is 3.60. The molecule has 7 heteroatoms. The predicted molar refractivity (Wildman–Crippen MR) is 118 cm³/mol. The van der Waals surface area contributed by atoms with Gasteiger partial charge < -0.3 is 15.0 Å². The van der Waals surface area contributed by atoms with E-state index >= 15 is 0 Å². The highest BCUT2D eigenvalue weighted by Gasteiger charge is 2.18. The molecule has 0 aliphatic rings. The molecule has 154 valence electrons. The van der Waals surface area contributed by atoms with E-state index in [4.69, 9.17) is 0 Å². The lowest BCUT2D eigenvalue weighted by Crippen LogP contribution is -2.32. The van der Waals surface area contributed by atoms with E-state index in [1.165, 1.54) is 0 Å². The van der Waals surface area contributed by atoms with E-state index in [0.717, 1.165) is 11.1 Å². The zero-order valence-electron chi connectivity index (χ0n) is 16.9. The van der Waals surface area contributed by atoms with Crippen molar-refractivity contribution in [1.29, 1.82) is 0 Å². The van der Waals surface area contributed by atoms with Gasteiger partial charge in [0.1, 0.15) is 0 Å². The smallest absolute Gasteiger partial charge is 0.281 e. The molecule has 30 heavy (non-hydrogen) atoms. The van der Waals surface area contributed by atoms with Crippen molar-refractivity contribution < 1.29 is 5.11 Å². The molecule has 0 aliphatic heterocycles. The Morgan fingerprint density at radius 1 is 1.03 bits per heavy atom. The lowest BCUT2D eigenvalue weighted by molar-refractivity contribution is 0.273. The second-order valence-electron chi connectivity index (χ2n) is 7.23. The van der Waals surface area contributed by atoms with Crippen molar-refractivity contribution in [2.75, 3.05) is 11.9 Å². The molecule has 2 heterocycles. The molecule has 0 fully saturated rings. The molecule has 0 saturated heterocycles. The third-order valence-corrected chi connectivity index (χ3v) is 5.12. The molecule has 4 rings (SSSR count). The van der Waals surface area contributed by atoms with E-state index in [0.29, 0.717) is 36.6 Å². The summed E-state index contributed by atoms with van der Waals surface area (Å²) in [4.78, 5) is 22.2. The summed E-state index contributed by atoms with van der Waals surface area (Å²) < 4.78 is 3.43. The van der Waals surface area contributed by atoms with Gasteiger partial charge in [0.25, 0.3) is 5.56 Å². The number of hydrogen-bond acceptors (Lipinski definition) is 5. The molecule has 1 unspecified atom stereocenters. The number of aliphatic hydroxyl groups is 1. The highest BCUT2D eigenvalue weighted by molar-refractivity contribution is 5.71. The maximum absolute atomic E-state index is 13.2. The van der Waals surface area contributed by atoms with Crippen LogP contribution in [0, 0.1) is 0 Å². The van der Waals surface area contributed by atoms with Crippen LogP contribution in [0.15, 0.2) is 71.8 Å². The van der Waals surface area contributed by atoms with Gasteiger partial charge in [0.2, 0.25) is 5.95 Å². The second-order valence-corrected chi connectivity index (χ2v) is 7.23. The number of nitrogens with zero attached hydrogens (tertiary/aromatic N) is 4. The quantitative estimate of drug-likeness (QED) is 0.473. The first-order valence-electron chi connectivity index (χ1n) is 10.1. The highest BCUT2D eigenvalue weighted by Crippen LogP contribution is 2.14. The number of nitrogens with one attached hydrogen (secondary N) is 1. The van der Waals surface area contributed by atoms with Crippen molar-refractivity contribution in [3.05, 3.63) is 88.5 Å².